The number of benzene rings is 1. The van der Waals surface area contributed by atoms with Crippen LogP contribution >= 0.6 is 11.8 Å². The highest BCUT2D eigenvalue weighted by Crippen LogP contribution is 2.27. The predicted octanol–water partition coefficient (Wildman–Crippen LogP) is 1.85. The predicted molar refractivity (Wildman–Crippen MR) is 119 cm³/mol. The number of fused-ring (bicyclic) bond motifs is 1. The summed E-state index contributed by atoms with van der Waals surface area (Å²) in [5.74, 6) is -0.887. The van der Waals surface area contributed by atoms with E-state index in [4.69, 9.17) is 4.74 Å². The van der Waals surface area contributed by atoms with Gasteiger partial charge in [-0.2, -0.15) is 0 Å². The highest BCUT2D eigenvalue weighted by molar-refractivity contribution is 8.00. The number of esters is 1. The van der Waals surface area contributed by atoms with Crippen LogP contribution < -0.4 is 16.6 Å². The lowest BCUT2D eigenvalue weighted by Crippen LogP contribution is -2.37. The molecule has 0 saturated heterocycles. The number of nitrogens with one attached hydrogen (secondary N) is 1. The molecule has 0 aliphatic carbocycles. The van der Waals surface area contributed by atoms with Gasteiger partial charge in [-0.25, -0.2) is 14.6 Å². The minimum absolute atomic E-state index is 0.0108. The van der Waals surface area contributed by atoms with Crippen molar-refractivity contribution >= 4 is 40.4 Å². The van der Waals surface area contributed by atoms with Gasteiger partial charge < -0.3 is 10.1 Å². The monoisotopic (exact) mass is 442 g/mol. The van der Waals surface area contributed by atoms with Gasteiger partial charge in [0, 0.05) is 25.2 Å². The van der Waals surface area contributed by atoms with Crippen molar-refractivity contribution in [1.82, 2.24) is 14.1 Å². The Morgan fingerprint density at radius 1 is 1.16 bits per heavy atom. The quantitative estimate of drug-likeness (QED) is 0.458. The summed E-state index contributed by atoms with van der Waals surface area (Å²) in [6.45, 7) is 3.72. The second-order valence-electron chi connectivity index (χ2n) is 6.78. The van der Waals surface area contributed by atoms with Gasteiger partial charge >= 0.3 is 11.7 Å². The van der Waals surface area contributed by atoms with Crippen LogP contribution in [0.3, 0.4) is 0 Å². The van der Waals surface area contributed by atoms with Crippen LogP contribution in [-0.2, 0) is 23.6 Å². The molecule has 0 fully saturated rings. The highest BCUT2D eigenvalue weighted by atomic mass is 32.2. The average molecular weight is 442 g/mol. The van der Waals surface area contributed by atoms with Crippen molar-refractivity contribution in [2.45, 2.75) is 18.7 Å². The third-order valence-electron chi connectivity index (χ3n) is 4.64. The Hall–Kier alpha value is -3.40. The Morgan fingerprint density at radius 2 is 1.87 bits per heavy atom. The number of hydrogen-bond donors (Lipinski definition) is 1. The van der Waals surface area contributed by atoms with E-state index in [-0.39, 0.29) is 34.9 Å². The summed E-state index contributed by atoms with van der Waals surface area (Å²) < 4.78 is 7.34. The van der Waals surface area contributed by atoms with Crippen LogP contribution in [-0.4, -0.2) is 38.4 Å². The number of anilines is 1. The van der Waals surface area contributed by atoms with Crippen LogP contribution in [0.25, 0.3) is 11.0 Å². The topological polar surface area (TPSA) is 112 Å². The van der Waals surface area contributed by atoms with Gasteiger partial charge in [0.1, 0.15) is 5.65 Å². The van der Waals surface area contributed by atoms with Crippen molar-refractivity contribution in [3.8, 4) is 0 Å². The number of hydrogen-bond acceptors (Lipinski definition) is 7. The first-order valence-electron chi connectivity index (χ1n) is 9.50. The van der Waals surface area contributed by atoms with Gasteiger partial charge in [-0.3, -0.25) is 18.7 Å². The molecule has 0 aliphatic rings. The molecule has 3 rings (SSSR count). The fourth-order valence-corrected chi connectivity index (χ4v) is 4.04. The zero-order chi connectivity index (χ0) is 22.7. The third kappa shape index (κ3) is 4.38. The molecule has 0 unspecified atom stereocenters. The molecule has 0 aliphatic heterocycles. The molecular weight excluding hydrogens is 420 g/mol. The summed E-state index contributed by atoms with van der Waals surface area (Å²) in [6, 6.07) is 6.58. The lowest BCUT2D eigenvalue weighted by atomic mass is 10.2. The van der Waals surface area contributed by atoms with Crippen molar-refractivity contribution in [3.63, 3.8) is 0 Å². The number of aryl methyl sites for hydroxylation is 2. The van der Waals surface area contributed by atoms with E-state index < -0.39 is 17.2 Å². The highest BCUT2D eigenvalue weighted by Gasteiger charge is 2.18. The maximum atomic E-state index is 12.7. The number of aromatic nitrogens is 3. The van der Waals surface area contributed by atoms with Crippen LogP contribution in [0.4, 0.5) is 5.69 Å². The van der Waals surface area contributed by atoms with E-state index >= 15 is 0 Å². The number of carbonyl (C=O) groups excluding carboxylic acids is 2. The molecule has 1 N–H and O–H groups in total. The van der Waals surface area contributed by atoms with Crippen LogP contribution in [0.1, 0.15) is 22.8 Å². The fourth-order valence-electron chi connectivity index (χ4n) is 3.09. The molecule has 10 heteroatoms. The first kappa shape index (κ1) is 22.3. The first-order chi connectivity index (χ1) is 14.8. The molecule has 0 spiro atoms. The standard InChI is InChI=1S/C21H22N4O5S/c1-5-30-20(28)13-8-6-7-9-14(13)23-15(26)11-31-17-12(2)10-22-18-16(17)19(27)25(4)21(29)24(18)3/h6-10H,5,11H2,1-4H3,(H,23,26). The first-order valence-corrected chi connectivity index (χ1v) is 10.5. The van der Waals surface area contributed by atoms with Crippen molar-refractivity contribution in [1.29, 1.82) is 0 Å². The van der Waals surface area contributed by atoms with Crippen LogP contribution in [0.2, 0.25) is 0 Å². The molecule has 1 aromatic carbocycles. The zero-order valence-corrected chi connectivity index (χ0v) is 18.4. The van der Waals surface area contributed by atoms with Crippen LogP contribution in [0.15, 0.2) is 44.9 Å². The number of rotatable bonds is 6. The van der Waals surface area contributed by atoms with Gasteiger partial charge in [-0.15, -0.1) is 11.8 Å². The van der Waals surface area contributed by atoms with E-state index in [1.807, 2.05) is 0 Å². The Bertz CT molecular complexity index is 1300. The molecule has 0 radical (unpaired) electrons. The molecule has 31 heavy (non-hydrogen) atoms. The second-order valence-corrected chi connectivity index (χ2v) is 7.76. The minimum atomic E-state index is -0.522. The summed E-state index contributed by atoms with van der Waals surface area (Å²) in [6.07, 6.45) is 1.57. The number of para-hydroxylation sites is 1. The van der Waals surface area contributed by atoms with E-state index in [1.165, 1.54) is 23.4 Å². The maximum Gasteiger partial charge on any atom is 0.340 e. The number of carbonyl (C=O) groups is 2. The normalized spacial score (nSPS) is 10.8. The van der Waals surface area contributed by atoms with Crippen LogP contribution in [0.5, 0.6) is 0 Å². The molecule has 2 heterocycles. The van der Waals surface area contributed by atoms with Gasteiger partial charge in [0.25, 0.3) is 5.56 Å². The van der Waals surface area contributed by atoms with Crippen molar-refractivity contribution < 1.29 is 14.3 Å². The maximum absolute atomic E-state index is 12.7. The summed E-state index contributed by atoms with van der Waals surface area (Å²) in [4.78, 5) is 54.4. The minimum Gasteiger partial charge on any atom is -0.462 e. The van der Waals surface area contributed by atoms with Gasteiger partial charge in [-0.05, 0) is 31.5 Å². The lowest BCUT2D eigenvalue weighted by Gasteiger charge is -2.13. The fraction of sp³-hybridized carbons (Fsp3) is 0.286. The number of nitrogens with zero attached hydrogens (tertiary/aromatic N) is 3. The number of amides is 1. The third-order valence-corrected chi connectivity index (χ3v) is 5.86. The number of pyridine rings is 1. The van der Waals surface area contributed by atoms with Crippen molar-refractivity contribution in [2.24, 2.45) is 14.1 Å². The van der Waals surface area contributed by atoms with E-state index in [1.54, 1.807) is 51.4 Å². The number of thioether (sulfide) groups is 1. The molecule has 9 nitrogen and oxygen atoms in total. The van der Waals surface area contributed by atoms with Gasteiger partial charge in [0.05, 0.1) is 29.0 Å². The molecular formula is C21H22N4O5S. The Labute approximate surface area is 182 Å². The average Bonchev–Trinajstić information content (AvgIpc) is 2.75. The Morgan fingerprint density at radius 3 is 2.58 bits per heavy atom. The summed E-state index contributed by atoms with van der Waals surface area (Å²) in [5, 5.41) is 3.01. The molecule has 3 aromatic rings. The Kier molecular flexibility index (Phi) is 6.59. The lowest BCUT2D eigenvalue weighted by molar-refractivity contribution is -0.113. The summed E-state index contributed by atoms with van der Waals surface area (Å²) >= 11 is 1.17. The molecule has 2 aromatic heterocycles. The van der Waals surface area contributed by atoms with Gasteiger partial charge in [0.15, 0.2) is 0 Å². The molecule has 162 valence electrons. The molecule has 1 amide bonds. The van der Waals surface area contributed by atoms with Gasteiger partial charge in [-0.1, -0.05) is 12.1 Å². The Balaban J connectivity index is 1.88. The number of ether oxygens (including phenoxy) is 1. The zero-order valence-electron chi connectivity index (χ0n) is 17.6. The second kappa shape index (κ2) is 9.17. The summed E-state index contributed by atoms with van der Waals surface area (Å²) in [5.41, 5.74) is 0.642. The largest absolute Gasteiger partial charge is 0.462 e. The van der Waals surface area contributed by atoms with E-state index in [9.17, 15) is 19.2 Å². The molecule has 0 saturated carbocycles. The SMILES string of the molecule is CCOC(=O)c1ccccc1NC(=O)CSc1c(C)cnc2c1c(=O)n(C)c(=O)n2C. The molecule has 0 atom stereocenters. The molecule has 0 bridgehead atoms. The van der Waals surface area contributed by atoms with E-state index in [0.29, 0.717) is 16.1 Å². The van der Waals surface area contributed by atoms with Crippen LogP contribution in [0, 0.1) is 6.92 Å². The van der Waals surface area contributed by atoms with Crippen molar-refractivity contribution in [2.75, 3.05) is 17.7 Å². The smallest absolute Gasteiger partial charge is 0.340 e. The van der Waals surface area contributed by atoms with Gasteiger partial charge in [0.2, 0.25) is 5.91 Å². The van der Waals surface area contributed by atoms with Crippen molar-refractivity contribution in [3.05, 3.63) is 62.4 Å². The van der Waals surface area contributed by atoms with E-state index in [0.717, 1.165) is 4.57 Å². The van der Waals surface area contributed by atoms with E-state index in [2.05, 4.69) is 10.3 Å². The summed E-state index contributed by atoms with van der Waals surface area (Å²) in [7, 11) is 2.94.